The molecule has 0 radical (unpaired) electrons. The molecule has 2 heterocycles. The number of benzene rings is 1. The van der Waals surface area contributed by atoms with Crippen LogP contribution in [0.3, 0.4) is 0 Å². The zero-order chi connectivity index (χ0) is 12.7. The molecule has 1 aromatic carbocycles. The Kier molecular flexibility index (Phi) is 2.67. The number of carbonyl (C=O) groups is 1. The van der Waals surface area contributed by atoms with Gasteiger partial charge in [0.05, 0.1) is 10.7 Å². The van der Waals surface area contributed by atoms with E-state index in [9.17, 15) is 4.79 Å². The van der Waals surface area contributed by atoms with Gasteiger partial charge in [-0.2, -0.15) is 0 Å². The monoisotopic (exact) mass is 258 g/mol. The average molecular weight is 258 g/mol. The van der Waals surface area contributed by atoms with E-state index >= 15 is 0 Å². The number of hydrogen-bond acceptors (Lipinski definition) is 3. The van der Waals surface area contributed by atoms with E-state index in [1.54, 1.807) is 11.3 Å². The van der Waals surface area contributed by atoms with Crippen LogP contribution in [-0.2, 0) is 11.2 Å². The first-order valence-electron chi connectivity index (χ1n) is 6.00. The number of nitrogens with one attached hydrogen (secondary N) is 1. The number of rotatable bonds is 1. The summed E-state index contributed by atoms with van der Waals surface area (Å²) >= 11 is 1.72. The summed E-state index contributed by atoms with van der Waals surface area (Å²) in [7, 11) is 0. The molecule has 1 aromatic heterocycles. The van der Waals surface area contributed by atoms with E-state index in [-0.39, 0.29) is 5.91 Å². The van der Waals surface area contributed by atoms with Crippen LogP contribution in [0.1, 0.15) is 21.9 Å². The molecule has 92 valence electrons. The highest BCUT2D eigenvalue weighted by Gasteiger charge is 2.16. The predicted octanol–water partition coefficient (Wildman–Crippen LogP) is 3.31. The maximum Gasteiger partial charge on any atom is 0.224 e. The Bertz CT molecular complexity index is 631. The summed E-state index contributed by atoms with van der Waals surface area (Å²) in [5.74, 6) is 0.107. The van der Waals surface area contributed by atoms with Crippen molar-refractivity contribution in [3.63, 3.8) is 0 Å². The summed E-state index contributed by atoms with van der Waals surface area (Å²) in [6.45, 7) is 4.13. The summed E-state index contributed by atoms with van der Waals surface area (Å²) in [6, 6.07) is 6.16. The van der Waals surface area contributed by atoms with Crippen LogP contribution in [0.4, 0.5) is 5.69 Å². The third-order valence-electron chi connectivity index (χ3n) is 3.18. The van der Waals surface area contributed by atoms with Crippen LogP contribution in [0.25, 0.3) is 11.3 Å². The van der Waals surface area contributed by atoms with Gasteiger partial charge in [-0.25, -0.2) is 4.98 Å². The van der Waals surface area contributed by atoms with Crippen molar-refractivity contribution in [2.75, 3.05) is 5.32 Å². The molecule has 3 rings (SSSR count). The molecular formula is C14H14N2OS. The molecular weight excluding hydrogens is 244 g/mol. The van der Waals surface area contributed by atoms with Gasteiger partial charge in [0, 0.05) is 22.5 Å². The van der Waals surface area contributed by atoms with Gasteiger partial charge < -0.3 is 5.32 Å². The second kappa shape index (κ2) is 4.21. The first kappa shape index (κ1) is 11.4. The molecule has 4 heteroatoms. The Morgan fingerprint density at radius 3 is 2.83 bits per heavy atom. The lowest BCUT2D eigenvalue weighted by molar-refractivity contribution is -0.116. The summed E-state index contributed by atoms with van der Waals surface area (Å²) < 4.78 is 0. The predicted molar refractivity (Wildman–Crippen MR) is 74.0 cm³/mol. The SMILES string of the molecule is Cc1nc(-c2ccc3c(c2)CCC(=O)N3)c(C)s1. The van der Waals surface area contributed by atoms with Gasteiger partial charge in [-0.1, -0.05) is 6.07 Å². The molecule has 1 N–H and O–H groups in total. The Labute approximate surface area is 110 Å². The molecule has 2 aromatic rings. The molecule has 1 amide bonds. The maximum atomic E-state index is 11.3. The number of anilines is 1. The summed E-state index contributed by atoms with van der Waals surface area (Å²) in [4.78, 5) is 17.1. The zero-order valence-electron chi connectivity index (χ0n) is 10.4. The van der Waals surface area contributed by atoms with Crippen LogP contribution in [0.15, 0.2) is 18.2 Å². The standard InChI is InChI=1S/C14H14N2OS/c1-8-14(15-9(2)18-8)11-3-5-12-10(7-11)4-6-13(17)16-12/h3,5,7H,4,6H2,1-2H3,(H,16,17). The lowest BCUT2D eigenvalue weighted by Crippen LogP contribution is -2.18. The molecule has 0 saturated heterocycles. The molecule has 0 unspecified atom stereocenters. The van der Waals surface area contributed by atoms with Crippen LogP contribution in [0.5, 0.6) is 0 Å². The van der Waals surface area contributed by atoms with Gasteiger partial charge in [0.25, 0.3) is 0 Å². The van der Waals surface area contributed by atoms with Crippen LogP contribution in [0, 0.1) is 13.8 Å². The lowest BCUT2D eigenvalue weighted by atomic mass is 9.99. The van der Waals surface area contributed by atoms with Gasteiger partial charge in [-0.3, -0.25) is 4.79 Å². The number of carbonyl (C=O) groups excluding carboxylic acids is 1. The number of aryl methyl sites for hydroxylation is 3. The van der Waals surface area contributed by atoms with E-state index in [1.165, 1.54) is 10.4 Å². The van der Waals surface area contributed by atoms with E-state index in [4.69, 9.17) is 0 Å². The average Bonchev–Trinajstić information content (AvgIpc) is 2.68. The molecule has 0 bridgehead atoms. The third kappa shape index (κ3) is 1.93. The summed E-state index contributed by atoms with van der Waals surface area (Å²) in [5, 5.41) is 3.99. The normalized spacial score (nSPS) is 14.2. The molecule has 18 heavy (non-hydrogen) atoms. The highest BCUT2D eigenvalue weighted by atomic mass is 32.1. The minimum Gasteiger partial charge on any atom is -0.326 e. The Morgan fingerprint density at radius 1 is 1.28 bits per heavy atom. The quantitative estimate of drug-likeness (QED) is 0.852. The number of fused-ring (bicyclic) bond motifs is 1. The van der Waals surface area contributed by atoms with Gasteiger partial charge in [0.15, 0.2) is 0 Å². The van der Waals surface area contributed by atoms with E-state index in [2.05, 4.69) is 23.3 Å². The number of amides is 1. The molecule has 0 saturated carbocycles. The fourth-order valence-electron chi connectivity index (χ4n) is 2.33. The first-order chi connectivity index (χ1) is 8.63. The summed E-state index contributed by atoms with van der Waals surface area (Å²) in [5.41, 5.74) is 4.36. The van der Waals surface area contributed by atoms with Crippen molar-refractivity contribution in [1.29, 1.82) is 0 Å². The second-order valence-corrected chi connectivity index (χ2v) is 5.97. The number of aromatic nitrogens is 1. The van der Waals surface area contributed by atoms with Crippen LogP contribution in [-0.4, -0.2) is 10.9 Å². The highest BCUT2D eigenvalue weighted by molar-refractivity contribution is 7.11. The molecule has 0 atom stereocenters. The van der Waals surface area contributed by atoms with Crippen molar-refractivity contribution in [1.82, 2.24) is 4.98 Å². The van der Waals surface area contributed by atoms with E-state index < -0.39 is 0 Å². The number of nitrogens with zero attached hydrogens (tertiary/aromatic N) is 1. The molecule has 0 spiro atoms. The summed E-state index contributed by atoms with van der Waals surface area (Å²) in [6.07, 6.45) is 1.39. The van der Waals surface area contributed by atoms with Crippen molar-refractivity contribution in [3.8, 4) is 11.3 Å². The van der Waals surface area contributed by atoms with Gasteiger partial charge in [-0.05, 0) is 38.0 Å². The Hall–Kier alpha value is -1.68. The van der Waals surface area contributed by atoms with Crippen LogP contribution >= 0.6 is 11.3 Å². The maximum absolute atomic E-state index is 11.3. The fraction of sp³-hybridized carbons (Fsp3) is 0.286. The lowest BCUT2D eigenvalue weighted by Gasteiger charge is -2.17. The van der Waals surface area contributed by atoms with Gasteiger partial charge in [-0.15, -0.1) is 11.3 Å². The zero-order valence-corrected chi connectivity index (χ0v) is 11.2. The molecule has 1 aliphatic rings. The largest absolute Gasteiger partial charge is 0.326 e. The molecule has 1 aliphatic heterocycles. The minimum atomic E-state index is 0.107. The van der Waals surface area contributed by atoms with Crippen molar-refractivity contribution >= 4 is 22.9 Å². The number of hydrogen-bond donors (Lipinski definition) is 1. The van der Waals surface area contributed by atoms with E-state index in [0.717, 1.165) is 28.4 Å². The fourth-order valence-corrected chi connectivity index (χ4v) is 3.17. The first-order valence-corrected chi connectivity index (χ1v) is 6.82. The van der Waals surface area contributed by atoms with E-state index in [0.29, 0.717) is 6.42 Å². The second-order valence-electron chi connectivity index (χ2n) is 4.56. The Morgan fingerprint density at radius 2 is 2.11 bits per heavy atom. The highest BCUT2D eigenvalue weighted by Crippen LogP contribution is 2.31. The molecule has 3 nitrogen and oxygen atoms in total. The Balaban J connectivity index is 2.05. The van der Waals surface area contributed by atoms with E-state index in [1.807, 2.05) is 19.1 Å². The smallest absolute Gasteiger partial charge is 0.224 e. The molecule has 0 aliphatic carbocycles. The van der Waals surface area contributed by atoms with Gasteiger partial charge in [0.1, 0.15) is 0 Å². The van der Waals surface area contributed by atoms with Crippen molar-refractivity contribution < 1.29 is 4.79 Å². The van der Waals surface area contributed by atoms with Crippen LogP contribution in [0.2, 0.25) is 0 Å². The molecule has 0 fully saturated rings. The van der Waals surface area contributed by atoms with Gasteiger partial charge >= 0.3 is 0 Å². The number of thiazole rings is 1. The topological polar surface area (TPSA) is 42.0 Å². The third-order valence-corrected chi connectivity index (χ3v) is 4.06. The van der Waals surface area contributed by atoms with Crippen LogP contribution < -0.4 is 5.32 Å². The van der Waals surface area contributed by atoms with Crippen molar-refractivity contribution in [2.45, 2.75) is 26.7 Å². The van der Waals surface area contributed by atoms with Gasteiger partial charge in [0.2, 0.25) is 5.91 Å². The minimum absolute atomic E-state index is 0.107. The van der Waals surface area contributed by atoms with Crippen molar-refractivity contribution in [2.24, 2.45) is 0 Å². The van der Waals surface area contributed by atoms with Crippen molar-refractivity contribution in [3.05, 3.63) is 33.6 Å².